The Balaban J connectivity index is 1.84. The van der Waals surface area contributed by atoms with E-state index in [1.54, 1.807) is 0 Å². The molecule has 1 heterocycles. The van der Waals surface area contributed by atoms with Crippen LogP contribution < -0.4 is 4.90 Å². The largest absolute Gasteiger partial charge is 0.302 e. The van der Waals surface area contributed by atoms with Crippen molar-refractivity contribution in [1.29, 1.82) is 0 Å². The van der Waals surface area contributed by atoms with Gasteiger partial charge in [0.25, 0.3) is 5.91 Å². The highest BCUT2D eigenvalue weighted by atomic mass is 16.2. The fourth-order valence-electron chi connectivity index (χ4n) is 4.96. The summed E-state index contributed by atoms with van der Waals surface area (Å²) in [4.78, 5) is 15.7. The summed E-state index contributed by atoms with van der Waals surface area (Å²) < 4.78 is 0. The average molecular weight is 384 g/mol. The molecule has 3 aromatic carbocycles. The summed E-state index contributed by atoms with van der Waals surface area (Å²) in [6.07, 6.45) is 1.84. The molecule has 2 heteroatoms. The fraction of sp³-hybridized carbons (Fsp3) is 0.296. The van der Waals surface area contributed by atoms with Crippen LogP contribution in [0.2, 0.25) is 0 Å². The highest BCUT2D eigenvalue weighted by Crippen LogP contribution is 2.50. The van der Waals surface area contributed by atoms with Crippen molar-refractivity contribution in [2.75, 3.05) is 4.90 Å². The van der Waals surface area contributed by atoms with Crippen molar-refractivity contribution in [3.8, 4) is 0 Å². The summed E-state index contributed by atoms with van der Waals surface area (Å²) in [5, 5.41) is 0. The predicted molar refractivity (Wildman–Crippen MR) is 121 cm³/mol. The predicted octanol–water partition coefficient (Wildman–Crippen LogP) is 6.38. The highest BCUT2D eigenvalue weighted by molar-refractivity contribution is 6.08. The fourth-order valence-corrected chi connectivity index (χ4v) is 4.96. The zero-order chi connectivity index (χ0) is 20.6. The van der Waals surface area contributed by atoms with Crippen molar-refractivity contribution in [3.05, 3.63) is 101 Å². The lowest BCUT2D eigenvalue weighted by molar-refractivity contribution is 0.0948. The molecule has 1 aliphatic heterocycles. The number of nitrogens with zero attached hydrogens (tertiary/aromatic N) is 1. The minimum absolute atomic E-state index is 0.0696. The van der Waals surface area contributed by atoms with E-state index in [-0.39, 0.29) is 16.9 Å². The Labute approximate surface area is 174 Å². The van der Waals surface area contributed by atoms with Gasteiger partial charge >= 0.3 is 0 Å². The molecule has 2 nitrogen and oxygen atoms in total. The number of carbonyl (C=O) groups is 1. The molecular formula is C27H29NO. The molecule has 3 aromatic rings. The standard InChI is InChI=1S/C27H29NO/c1-5-20-15-17-21(18-16-20)25(29)28-24-14-10-9-13-23(24)27(4,19-26(28,2)3)22-11-7-6-8-12-22/h6-18H,5,19H2,1-4H3/t27-/m1/s1. The van der Waals surface area contributed by atoms with Crippen molar-refractivity contribution in [2.24, 2.45) is 0 Å². The molecule has 0 saturated carbocycles. The van der Waals surface area contributed by atoms with Gasteiger partial charge in [-0.25, -0.2) is 0 Å². The maximum absolute atomic E-state index is 13.7. The maximum atomic E-state index is 13.7. The van der Waals surface area contributed by atoms with Crippen molar-refractivity contribution in [2.45, 2.75) is 51.5 Å². The van der Waals surface area contributed by atoms with Crippen LogP contribution in [0.1, 0.15) is 61.2 Å². The van der Waals surface area contributed by atoms with E-state index in [1.807, 2.05) is 23.1 Å². The molecular weight excluding hydrogens is 354 g/mol. The smallest absolute Gasteiger partial charge is 0.258 e. The van der Waals surface area contributed by atoms with E-state index in [4.69, 9.17) is 0 Å². The third kappa shape index (κ3) is 3.27. The number of rotatable bonds is 3. The minimum Gasteiger partial charge on any atom is -0.302 e. The van der Waals surface area contributed by atoms with Crippen LogP contribution in [0.3, 0.4) is 0 Å². The van der Waals surface area contributed by atoms with Crippen molar-refractivity contribution in [1.82, 2.24) is 0 Å². The average Bonchev–Trinajstić information content (AvgIpc) is 2.74. The first kappa shape index (κ1) is 19.4. The second-order valence-corrected chi connectivity index (χ2v) is 8.90. The van der Waals surface area contributed by atoms with Gasteiger partial charge in [0.15, 0.2) is 0 Å². The molecule has 148 valence electrons. The lowest BCUT2D eigenvalue weighted by Gasteiger charge is -2.51. The van der Waals surface area contributed by atoms with E-state index in [0.29, 0.717) is 0 Å². The van der Waals surface area contributed by atoms with Gasteiger partial charge in [0.2, 0.25) is 0 Å². The van der Waals surface area contributed by atoms with Gasteiger partial charge in [-0.3, -0.25) is 4.79 Å². The zero-order valence-electron chi connectivity index (χ0n) is 17.8. The third-order valence-electron chi connectivity index (χ3n) is 6.35. The number of fused-ring (bicyclic) bond motifs is 1. The van der Waals surface area contributed by atoms with Crippen molar-refractivity contribution >= 4 is 11.6 Å². The van der Waals surface area contributed by atoms with Crippen molar-refractivity contribution in [3.63, 3.8) is 0 Å². The number of anilines is 1. The molecule has 1 aliphatic rings. The Bertz CT molecular complexity index is 1020. The molecule has 0 unspecified atom stereocenters. The molecule has 0 aliphatic carbocycles. The van der Waals surface area contributed by atoms with E-state index >= 15 is 0 Å². The van der Waals surface area contributed by atoms with E-state index < -0.39 is 0 Å². The number of amides is 1. The summed E-state index contributed by atoms with van der Waals surface area (Å²) in [7, 11) is 0. The topological polar surface area (TPSA) is 20.3 Å². The number of hydrogen-bond acceptors (Lipinski definition) is 1. The molecule has 0 saturated heterocycles. The third-order valence-corrected chi connectivity index (χ3v) is 6.35. The summed E-state index contributed by atoms with van der Waals surface area (Å²) in [5.41, 5.74) is 5.04. The Morgan fingerprint density at radius 1 is 0.862 bits per heavy atom. The Morgan fingerprint density at radius 2 is 1.48 bits per heavy atom. The van der Waals surface area contributed by atoms with Crippen LogP contribution in [-0.4, -0.2) is 11.4 Å². The molecule has 29 heavy (non-hydrogen) atoms. The number of aryl methyl sites for hydroxylation is 1. The Morgan fingerprint density at radius 3 is 2.14 bits per heavy atom. The van der Waals surface area contributed by atoms with Gasteiger partial charge in [-0.1, -0.05) is 74.5 Å². The Kier molecular flexibility index (Phi) is 4.82. The molecule has 0 fully saturated rings. The first-order valence-electron chi connectivity index (χ1n) is 10.5. The molecule has 0 bridgehead atoms. The summed E-state index contributed by atoms with van der Waals surface area (Å²) in [6, 6.07) is 27.1. The van der Waals surface area contributed by atoms with Crippen molar-refractivity contribution < 1.29 is 4.79 Å². The SMILES string of the molecule is CCc1ccc(C(=O)N2c3ccccc3[C@@](C)(c3ccccc3)CC2(C)C)cc1. The van der Waals surface area contributed by atoms with E-state index in [2.05, 4.69) is 88.4 Å². The van der Waals surface area contributed by atoms with E-state index in [1.165, 1.54) is 16.7 Å². The van der Waals surface area contributed by atoms with Gasteiger partial charge < -0.3 is 4.90 Å². The van der Waals surface area contributed by atoms with E-state index in [0.717, 1.165) is 24.1 Å². The molecule has 4 rings (SSSR count). The summed E-state index contributed by atoms with van der Waals surface area (Å²) >= 11 is 0. The normalized spacial score (nSPS) is 20.2. The van der Waals surface area contributed by atoms with Gasteiger partial charge in [-0.2, -0.15) is 0 Å². The van der Waals surface area contributed by atoms with E-state index in [9.17, 15) is 4.79 Å². The second kappa shape index (κ2) is 7.18. The molecule has 0 N–H and O–H groups in total. The van der Waals surface area contributed by atoms with Gasteiger partial charge in [0.1, 0.15) is 0 Å². The zero-order valence-corrected chi connectivity index (χ0v) is 17.8. The first-order chi connectivity index (χ1) is 13.9. The van der Waals surface area contributed by atoms with Crippen LogP contribution in [-0.2, 0) is 11.8 Å². The quantitative estimate of drug-likeness (QED) is 0.513. The molecule has 0 aromatic heterocycles. The van der Waals surface area contributed by atoms with Crippen LogP contribution in [0.15, 0.2) is 78.9 Å². The molecule has 0 radical (unpaired) electrons. The van der Waals surface area contributed by atoms with Gasteiger partial charge in [-0.15, -0.1) is 0 Å². The Hall–Kier alpha value is -2.87. The van der Waals surface area contributed by atoms with Gasteiger partial charge in [0.05, 0.1) is 0 Å². The monoisotopic (exact) mass is 383 g/mol. The number of hydrogen-bond donors (Lipinski definition) is 0. The van der Waals surface area contributed by atoms with Crippen LogP contribution >= 0.6 is 0 Å². The minimum atomic E-state index is -0.320. The van der Waals surface area contributed by atoms with Gasteiger partial charge in [-0.05, 0) is 61.6 Å². The van der Waals surface area contributed by atoms with Crippen LogP contribution in [0.25, 0.3) is 0 Å². The molecule has 1 atom stereocenters. The van der Waals surface area contributed by atoms with Gasteiger partial charge in [0, 0.05) is 22.2 Å². The second-order valence-electron chi connectivity index (χ2n) is 8.90. The number of carbonyl (C=O) groups excluding carboxylic acids is 1. The number of para-hydroxylation sites is 1. The van der Waals surface area contributed by atoms with Crippen LogP contribution in [0.4, 0.5) is 5.69 Å². The summed E-state index contributed by atoms with van der Waals surface area (Å²) in [5.74, 6) is 0.0696. The van der Waals surface area contributed by atoms with Crippen LogP contribution in [0, 0.1) is 0 Å². The van der Waals surface area contributed by atoms with Crippen LogP contribution in [0.5, 0.6) is 0 Å². The number of benzene rings is 3. The lowest BCUT2D eigenvalue weighted by Crippen LogP contribution is -2.55. The molecule has 0 spiro atoms. The lowest BCUT2D eigenvalue weighted by atomic mass is 9.65. The highest BCUT2D eigenvalue weighted by Gasteiger charge is 2.47. The maximum Gasteiger partial charge on any atom is 0.258 e. The summed E-state index contributed by atoms with van der Waals surface area (Å²) in [6.45, 7) is 8.80. The first-order valence-corrected chi connectivity index (χ1v) is 10.5. The molecule has 1 amide bonds.